The van der Waals surface area contributed by atoms with E-state index in [4.69, 9.17) is 5.11 Å². The van der Waals surface area contributed by atoms with Crippen molar-refractivity contribution in [2.24, 2.45) is 0 Å². The molecule has 0 unspecified atom stereocenters. The average molecular weight is 504 g/mol. The Bertz CT molecular complexity index is 1270. The number of nitrogens with one attached hydrogen (secondary N) is 3. The molecule has 0 amide bonds. The third kappa shape index (κ3) is 4.44. The van der Waals surface area contributed by atoms with Crippen LogP contribution in [0.2, 0.25) is 0 Å². The first-order valence-electron chi connectivity index (χ1n) is 11.2. The molecular weight excluding hydrogens is 473 g/mol. The maximum atomic E-state index is 12.1. The Morgan fingerprint density at radius 1 is 1.12 bits per heavy atom. The predicted molar refractivity (Wildman–Crippen MR) is 132 cm³/mol. The van der Waals surface area contributed by atoms with Gasteiger partial charge in [-0.1, -0.05) is 0 Å². The summed E-state index contributed by atoms with van der Waals surface area (Å²) in [5.41, 5.74) is 2.89. The van der Waals surface area contributed by atoms with Gasteiger partial charge in [0.1, 0.15) is 0 Å². The van der Waals surface area contributed by atoms with E-state index in [2.05, 4.69) is 51.3 Å². The third-order valence-electron chi connectivity index (χ3n) is 5.88. The van der Waals surface area contributed by atoms with Gasteiger partial charge in [-0.3, -0.25) is 0 Å². The first kappa shape index (κ1) is 22.9. The fourth-order valence-electron chi connectivity index (χ4n) is 4.18. The van der Waals surface area contributed by atoms with E-state index in [0.29, 0.717) is 6.54 Å². The van der Waals surface area contributed by atoms with E-state index in [1.807, 2.05) is 0 Å². The molecule has 0 radical (unpaired) electrons. The van der Waals surface area contributed by atoms with Gasteiger partial charge in [0.25, 0.3) is 0 Å². The molecule has 0 aliphatic heterocycles. The third-order valence-corrected chi connectivity index (χ3v) is 8.34. The van der Waals surface area contributed by atoms with Crippen molar-refractivity contribution in [3.05, 3.63) is 34.5 Å². The molecule has 0 bridgehead atoms. The molecule has 8 nitrogen and oxygen atoms in total. The van der Waals surface area contributed by atoms with Crippen molar-refractivity contribution in [3.63, 3.8) is 0 Å². The van der Waals surface area contributed by atoms with Crippen molar-refractivity contribution in [2.45, 2.75) is 20.4 Å². The fourth-order valence-corrected chi connectivity index (χ4v) is 6.83. The van der Waals surface area contributed by atoms with Gasteiger partial charge in [-0.15, -0.1) is 0 Å². The molecule has 172 valence electrons. The summed E-state index contributed by atoms with van der Waals surface area (Å²) in [6.45, 7) is 10.3. The fraction of sp³-hybridized carbons (Fsp3) is 0.435. The molecule has 32 heavy (non-hydrogen) atoms. The Kier molecular flexibility index (Phi) is 7.23. The predicted octanol–water partition coefficient (Wildman–Crippen LogP) is 1.73. The summed E-state index contributed by atoms with van der Waals surface area (Å²) >= 11 is -0.112. The van der Waals surface area contributed by atoms with Gasteiger partial charge in [-0.25, -0.2) is 0 Å². The van der Waals surface area contributed by atoms with Crippen molar-refractivity contribution in [3.8, 4) is 5.75 Å². The number of aromatic nitrogens is 2. The molecule has 9 heteroatoms. The molecule has 0 fully saturated rings. The van der Waals surface area contributed by atoms with Gasteiger partial charge in [-0.05, 0) is 0 Å². The summed E-state index contributed by atoms with van der Waals surface area (Å²) in [6.07, 6.45) is 0. The van der Waals surface area contributed by atoms with Gasteiger partial charge in [0, 0.05) is 0 Å². The van der Waals surface area contributed by atoms with Crippen LogP contribution in [0.1, 0.15) is 13.8 Å². The summed E-state index contributed by atoms with van der Waals surface area (Å²) < 4.78 is 4.26. The van der Waals surface area contributed by atoms with Gasteiger partial charge in [-0.2, -0.15) is 0 Å². The minimum absolute atomic E-state index is 0.0469. The number of aromatic amines is 1. The van der Waals surface area contributed by atoms with Gasteiger partial charge in [0.15, 0.2) is 0 Å². The molecule has 4 aromatic rings. The molecule has 4 rings (SSSR count). The van der Waals surface area contributed by atoms with Crippen LogP contribution in [0.4, 0.5) is 5.69 Å². The second-order valence-electron chi connectivity index (χ2n) is 7.82. The van der Waals surface area contributed by atoms with Gasteiger partial charge in [0.05, 0.1) is 0 Å². The zero-order chi connectivity index (χ0) is 22.7. The first-order chi connectivity index (χ1) is 15.6. The number of rotatable bonds is 11. The number of phenolic OH excluding ortho intramolecular Hbond substituents is 1. The number of nitrogens with zero attached hydrogens (tertiary/aromatic N) is 2. The summed E-state index contributed by atoms with van der Waals surface area (Å²) in [7, 11) is 0. The standard InChI is InChI=1S/C23H31N5O3Se/c1-3-27(4-2)10-11-28-17-6-5-16(25-8-7-24-9-12-29)23-20(17)22(26-28)21-18(31)13-15(30)14-19(21)32-23/h5-6,13-14,24-26,29,31H,3-4,7-12H2,1-2H3. The van der Waals surface area contributed by atoms with E-state index < -0.39 is 0 Å². The number of likely N-dealkylation sites (N-methyl/N-ethyl adjacent to an activating group) is 1. The number of hydrogen-bond acceptors (Lipinski definition) is 6. The van der Waals surface area contributed by atoms with Crippen molar-refractivity contribution in [1.82, 2.24) is 20.0 Å². The Hall–Kier alpha value is -2.29. The van der Waals surface area contributed by atoms with Gasteiger partial charge < -0.3 is 0 Å². The van der Waals surface area contributed by atoms with E-state index in [0.717, 1.165) is 71.0 Å². The molecule has 0 saturated heterocycles. The van der Waals surface area contributed by atoms with Crippen LogP contribution in [0.3, 0.4) is 0 Å². The van der Waals surface area contributed by atoms with Crippen LogP contribution in [-0.2, 0) is 6.54 Å². The number of phenols is 1. The van der Waals surface area contributed by atoms with Crippen molar-refractivity contribution >= 4 is 50.5 Å². The van der Waals surface area contributed by atoms with Crippen LogP contribution in [0.25, 0.3) is 30.3 Å². The van der Waals surface area contributed by atoms with E-state index in [-0.39, 0.29) is 32.3 Å². The molecular formula is C23H31N5O3Se. The van der Waals surface area contributed by atoms with E-state index in [1.54, 1.807) is 6.07 Å². The van der Waals surface area contributed by atoms with Crippen LogP contribution in [0, 0.1) is 0 Å². The van der Waals surface area contributed by atoms with Crippen LogP contribution >= 0.6 is 0 Å². The monoisotopic (exact) mass is 505 g/mol. The number of aliphatic hydroxyl groups excluding tert-OH is 1. The van der Waals surface area contributed by atoms with E-state index in [9.17, 15) is 9.90 Å². The number of H-pyrrole nitrogens is 1. The maximum absolute atomic E-state index is 12.1. The zero-order valence-corrected chi connectivity index (χ0v) is 20.3. The summed E-state index contributed by atoms with van der Waals surface area (Å²) in [4.78, 5) is 14.5. The van der Waals surface area contributed by atoms with E-state index in [1.165, 1.54) is 10.3 Å². The van der Waals surface area contributed by atoms with E-state index >= 15 is 0 Å². The number of fused-ring (bicyclic) bond motifs is 2. The number of aromatic hydroxyl groups is 1. The van der Waals surface area contributed by atoms with Crippen molar-refractivity contribution in [1.29, 1.82) is 0 Å². The molecule has 0 aliphatic carbocycles. The van der Waals surface area contributed by atoms with Gasteiger partial charge >= 0.3 is 193 Å². The first-order valence-corrected chi connectivity index (χ1v) is 12.9. The average Bonchev–Trinajstić information content (AvgIpc) is 3.14. The normalized spacial score (nSPS) is 12.0. The number of anilines is 1. The van der Waals surface area contributed by atoms with Crippen LogP contribution in [0.5, 0.6) is 5.75 Å². The van der Waals surface area contributed by atoms with Crippen molar-refractivity contribution in [2.75, 3.05) is 51.2 Å². The molecule has 2 aromatic heterocycles. The van der Waals surface area contributed by atoms with Crippen LogP contribution in [-0.4, -0.2) is 85.3 Å². The van der Waals surface area contributed by atoms with Gasteiger partial charge in [0.2, 0.25) is 0 Å². The SMILES string of the molecule is CCN(CC)CCn1[nH]c2c3c(O)cc(=O)cc3[se]c3c(NCCNCCO)ccc1c32. The molecule has 0 atom stereocenters. The minimum atomic E-state index is -0.164. The number of benzene rings is 2. The molecule has 0 saturated carbocycles. The Labute approximate surface area is 192 Å². The van der Waals surface area contributed by atoms with Crippen molar-refractivity contribution < 1.29 is 10.2 Å². The second-order valence-corrected chi connectivity index (χ2v) is 10.0. The van der Waals surface area contributed by atoms with Crippen LogP contribution in [0.15, 0.2) is 29.1 Å². The zero-order valence-electron chi connectivity index (χ0n) is 18.6. The summed E-state index contributed by atoms with van der Waals surface area (Å²) in [5, 5.41) is 31.7. The Balaban J connectivity index is 1.83. The molecule has 0 aliphatic rings. The van der Waals surface area contributed by atoms with Crippen LogP contribution < -0.4 is 16.1 Å². The molecule has 5 N–H and O–H groups in total. The second kappa shape index (κ2) is 10.1. The summed E-state index contributed by atoms with van der Waals surface area (Å²) in [5.74, 6) is 0.0469. The molecule has 0 spiro atoms. The number of hydrogen-bond donors (Lipinski definition) is 5. The summed E-state index contributed by atoms with van der Waals surface area (Å²) in [6, 6.07) is 7.21. The number of aliphatic hydroxyl groups is 1. The molecule has 2 aromatic carbocycles. The topological polar surface area (TPSA) is 106 Å². The Morgan fingerprint density at radius 2 is 1.94 bits per heavy atom. The molecule has 2 heterocycles. The quantitative estimate of drug-likeness (QED) is 0.121. The Morgan fingerprint density at radius 3 is 2.69 bits per heavy atom.